The smallest absolute Gasteiger partial charge is 0.254 e. The summed E-state index contributed by atoms with van der Waals surface area (Å²) < 4.78 is 20.4. The maximum atomic E-state index is 13.2. The number of hydrogen-bond acceptors (Lipinski definition) is 6. The number of hydrogen-bond donors (Lipinski definition) is 2. The summed E-state index contributed by atoms with van der Waals surface area (Å²) in [7, 11) is 0. The van der Waals surface area contributed by atoms with Crippen molar-refractivity contribution in [1.82, 2.24) is 14.8 Å². The predicted octanol–water partition coefficient (Wildman–Crippen LogP) is 1.75. The minimum atomic E-state index is -0.679. The molecule has 3 rings (SSSR count). The van der Waals surface area contributed by atoms with E-state index < -0.39 is 11.9 Å². The van der Waals surface area contributed by atoms with Gasteiger partial charge in [0.25, 0.3) is 5.91 Å². The number of ether oxygens (including phenoxy) is 1. The second kappa shape index (κ2) is 6.86. The van der Waals surface area contributed by atoms with Gasteiger partial charge in [0.15, 0.2) is 5.82 Å². The number of aromatic nitrogens is 3. The van der Waals surface area contributed by atoms with Crippen LogP contribution in [0.3, 0.4) is 0 Å². The summed E-state index contributed by atoms with van der Waals surface area (Å²) >= 11 is 0. The van der Waals surface area contributed by atoms with E-state index in [2.05, 4.69) is 21.5 Å². The van der Waals surface area contributed by atoms with Crippen LogP contribution in [0.15, 0.2) is 24.5 Å². The number of halogens is 1. The van der Waals surface area contributed by atoms with Crippen molar-refractivity contribution in [2.24, 2.45) is 11.7 Å². The van der Waals surface area contributed by atoms with Crippen molar-refractivity contribution >= 4 is 17.4 Å². The Balaban J connectivity index is 1.92. The number of carbonyl (C=O) groups excluding carboxylic acids is 1. The number of nitriles is 1. The minimum Gasteiger partial charge on any atom is -0.376 e. The SMILES string of the molecule is C[C@@H]1CC(C#N)[C@@H](n2cc(C(N)=O)c(Nc3ccnc(F)c3)n2)CO1. The fourth-order valence-electron chi connectivity index (χ4n) is 2.81. The van der Waals surface area contributed by atoms with Crippen LogP contribution in [0.1, 0.15) is 29.7 Å². The average Bonchev–Trinajstić information content (AvgIpc) is 2.98. The van der Waals surface area contributed by atoms with Crippen molar-refractivity contribution in [3.63, 3.8) is 0 Å². The van der Waals surface area contributed by atoms with Gasteiger partial charge in [-0.05, 0) is 19.4 Å². The molecular weight excluding hydrogens is 327 g/mol. The first-order valence-corrected chi connectivity index (χ1v) is 7.76. The summed E-state index contributed by atoms with van der Waals surface area (Å²) in [4.78, 5) is 15.2. The number of anilines is 2. The first-order valence-electron chi connectivity index (χ1n) is 7.76. The lowest BCUT2D eigenvalue weighted by atomic mass is 9.93. The summed E-state index contributed by atoms with van der Waals surface area (Å²) in [6.07, 6.45) is 3.34. The second-order valence-electron chi connectivity index (χ2n) is 5.91. The molecule has 8 nitrogen and oxygen atoms in total. The number of carbonyl (C=O) groups is 1. The number of primary amides is 1. The van der Waals surface area contributed by atoms with Crippen LogP contribution < -0.4 is 11.1 Å². The van der Waals surface area contributed by atoms with E-state index in [4.69, 9.17) is 10.5 Å². The largest absolute Gasteiger partial charge is 0.376 e. The van der Waals surface area contributed by atoms with E-state index in [-0.39, 0.29) is 29.4 Å². The number of rotatable bonds is 4. The summed E-state index contributed by atoms with van der Waals surface area (Å²) in [5.41, 5.74) is 5.94. The van der Waals surface area contributed by atoms with E-state index in [1.54, 1.807) is 0 Å². The zero-order chi connectivity index (χ0) is 18.0. The lowest BCUT2D eigenvalue weighted by molar-refractivity contribution is -0.0215. The van der Waals surface area contributed by atoms with Crippen LogP contribution in [0.4, 0.5) is 15.9 Å². The highest BCUT2D eigenvalue weighted by Gasteiger charge is 2.32. The number of nitrogens with zero attached hydrogens (tertiary/aromatic N) is 4. The Morgan fingerprint density at radius 3 is 3.08 bits per heavy atom. The molecule has 2 aromatic rings. The Hall–Kier alpha value is -2.99. The minimum absolute atomic E-state index is 0.00976. The Bertz CT molecular complexity index is 830. The molecule has 3 heterocycles. The molecule has 0 saturated carbocycles. The molecular formula is C16H17FN6O2. The third-order valence-corrected chi connectivity index (χ3v) is 4.09. The molecule has 0 spiro atoms. The number of nitrogens with two attached hydrogens (primary N) is 1. The van der Waals surface area contributed by atoms with Gasteiger partial charge >= 0.3 is 0 Å². The quantitative estimate of drug-likeness (QED) is 0.816. The fourth-order valence-corrected chi connectivity index (χ4v) is 2.81. The van der Waals surface area contributed by atoms with Gasteiger partial charge < -0.3 is 15.8 Å². The molecule has 25 heavy (non-hydrogen) atoms. The maximum absolute atomic E-state index is 13.2. The van der Waals surface area contributed by atoms with Crippen molar-refractivity contribution < 1.29 is 13.9 Å². The van der Waals surface area contributed by atoms with Gasteiger partial charge in [0, 0.05) is 24.1 Å². The van der Waals surface area contributed by atoms with Crippen molar-refractivity contribution in [2.45, 2.75) is 25.5 Å². The van der Waals surface area contributed by atoms with Crippen LogP contribution in [-0.4, -0.2) is 33.4 Å². The molecule has 9 heteroatoms. The van der Waals surface area contributed by atoms with Gasteiger partial charge in [0.2, 0.25) is 5.95 Å². The Morgan fingerprint density at radius 2 is 2.40 bits per heavy atom. The molecule has 1 aliphatic heterocycles. The molecule has 3 N–H and O–H groups in total. The third kappa shape index (κ3) is 3.59. The van der Waals surface area contributed by atoms with E-state index >= 15 is 0 Å². The van der Waals surface area contributed by atoms with Gasteiger partial charge in [-0.25, -0.2) is 4.98 Å². The van der Waals surface area contributed by atoms with Crippen LogP contribution in [-0.2, 0) is 4.74 Å². The lowest BCUT2D eigenvalue weighted by Crippen LogP contribution is -2.33. The van der Waals surface area contributed by atoms with Crippen molar-refractivity contribution in [3.8, 4) is 6.07 Å². The monoisotopic (exact) mass is 344 g/mol. The van der Waals surface area contributed by atoms with E-state index in [0.717, 1.165) is 0 Å². The first-order chi connectivity index (χ1) is 12.0. The topological polar surface area (TPSA) is 119 Å². The molecule has 0 aromatic carbocycles. The molecule has 0 bridgehead atoms. The average molecular weight is 344 g/mol. The van der Waals surface area contributed by atoms with Gasteiger partial charge in [-0.2, -0.15) is 14.8 Å². The molecule has 1 saturated heterocycles. The number of pyridine rings is 1. The van der Waals surface area contributed by atoms with E-state index in [0.29, 0.717) is 18.7 Å². The third-order valence-electron chi connectivity index (χ3n) is 4.09. The Kier molecular flexibility index (Phi) is 4.63. The highest BCUT2D eigenvalue weighted by Crippen LogP contribution is 2.30. The number of amides is 1. The zero-order valence-corrected chi connectivity index (χ0v) is 13.5. The molecule has 1 fully saturated rings. The van der Waals surface area contributed by atoms with Crippen molar-refractivity contribution in [3.05, 3.63) is 36.0 Å². The fraction of sp³-hybridized carbons (Fsp3) is 0.375. The van der Waals surface area contributed by atoms with Crippen LogP contribution in [0.5, 0.6) is 0 Å². The predicted molar refractivity (Wildman–Crippen MR) is 86.4 cm³/mol. The van der Waals surface area contributed by atoms with Gasteiger partial charge in [0.1, 0.15) is 5.56 Å². The highest BCUT2D eigenvalue weighted by atomic mass is 19.1. The lowest BCUT2D eigenvalue weighted by Gasteiger charge is -2.31. The highest BCUT2D eigenvalue weighted by molar-refractivity contribution is 5.98. The summed E-state index contributed by atoms with van der Waals surface area (Å²) in [6.45, 7) is 2.21. The zero-order valence-electron chi connectivity index (χ0n) is 13.5. The van der Waals surface area contributed by atoms with E-state index in [1.807, 2.05) is 6.92 Å². The molecule has 0 radical (unpaired) electrons. The number of nitrogens with one attached hydrogen (secondary N) is 1. The first kappa shape index (κ1) is 16.9. The molecule has 130 valence electrons. The van der Waals surface area contributed by atoms with Crippen LogP contribution in [0.2, 0.25) is 0 Å². The summed E-state index contributed by atoms with van der Waals surface area (Å²) in [5.74, 6) is -1.45. The van der Waals surface area contributed by atoms with Crippen LogP contribution in [0.25, 0.3) is 0 Å². The molecule has 3 atom stereocenters. The Morgan fingerprint density at radius 1 is 1.60 bits per heavy atom. The standard InChI is InChI=1S/C16H17FN6O2/c1-9-4-10(6-18)13(8-25-9)23-7-12(15(19)24)16(22-23)21-11-2-3-20-14(17)5-11/h2-3,5,7,9-10,13H,4,8H2,1H3,(H2,19,24)(H,20,21,22)/t9-,10?,13+/m1/s1. The van der Waals surface area contributed by atoms with Gasteiger partial charge in [0.05, 0.1) is 30.7 Å². The van der Waals surface area contributed by atoms with Crippen molar-refractivity contribution in [2.75, 3.05) is 11.9 Å². The summed E-state index contributed by atoms with van der Waals surface area (Å²) in [5, 5.41) is 16.6. The van der Waals surface area contributed by atoms with Gasteiger partial charge in [-0.15, -0.1) is 0 Å². The maximum Gasteiger partial charge on any atom is 0.254 e. The molecule has 1 amide bonds. The molecule has 2 aromatic heterocycles. The Labute approximate surface area is 143 Å². The van der Waals surface area contributed by atoms with Crippen LogP contribution in [0, 0.1) is 23.2 Å². The van der Waals surface area contributed by atoms with E-state index in [1.165, 1.54) is 29.2 Å². The molecule has 1 unspecified atom stereocenters. The van der Waals surface area contributed by atoms with Crippen LogP contribution >= 0.6 is 0 Å². The molecule has 1 aliphatic rings. The van der Waals surface area contributed by atoms with Gasteiger partial charge in [-0.1, -0.05) is 0 Å². The van der Waals surface area contributed by atoms with E-state index in [9.17, 15) is 14.4 Å². The normalized spacial score (nSPS) is 23.0. The summed E-state index contributed by atoms with van der Waals surface area (Å²) in [6, 6.07) is 4.65. The molecule has 0 aliphatic carbocycles. The second-order valence-corrected chi connectivity index (χ2v) is 5.91. The van der Waals surface area contributed by atoms with Crippen molar-refractivity contribution in [1.29, 1.82) is 5.26 Å². The van der Waals surface area contributed by atoms with Gasteiger partial charge in [-0.3, -0.25) is 9.48 Å².